The molecule has 1 aromatic rings. The van der Waals surface area contributed by atoms with E-state index in [-0.39, 0.29) is 11.3 Å². The Bertz CT molecular complexity index is 389. The molecule has 0 bridgehead atoms. The highest BCUT2D eigenvalue weighted by Gasteiger charge is 2.19. The van der Waals surface area contributed by atoms with E-state index in [1.165, 1.54) is 25.3 Å². The first-order valence-corrected chi connectivity index (χ1v) is 4.71. The lowest BCUT2D eigenvalue weighted by Gasteiger charge is -2.14. The first-order valence-electron chi connectivity index (χ1n) is 4.71. The van der Waals surface area contributed by atoms with E-state index < -0.39 is 18.1 Å². The van der Waals surface area contributed by atoms with E-state index in [0.717, 1.165) is 0 Å². The summed E-state index contributed by atoms with van der Waals surface area (Å²) < 4.78 is 0. The van der Waals surface area contributed by atoms with Crippen molar-refractivity contribution in [3.8, 4) is 5.75 Å². The van der Waals surface area contributed by atoms with E-state index in [0.29, 0.717) is 0 Å². The largest absolute Gasteiger partial charge is 0.507 e. The molecule has 0 aliphatic rings. The molecule has 1 aromatic carbocycles. The molecule has 2 atom stereocenters. The highest BCUT2D eigenvalue weighted by Crippen LogP contribution is 2.15. The standard InChI is InChI=1S/C11H12NO4/c1-7(14)9(6-13)12-11(16)8-4-2-3-5-10(8)15/h2-5,7,9,14-15H,1H3,(H,12,16)/t7-,9-/m1/s1. The monoisotopic (exact) mass is 222 g/mol. The number of amides is 1. The molecule has 0 fully saturated rings. The molecular formula is C11H12NO4. The van der Waals surface area contributed by atoms with Gasteiger partial charge in [0.2, 0.25) is 6.29 Å². The third kappa shape index (κ3) is 2.80. The number of carbonyl (C=O) groups is 1. The van der Waals surface area contributed by atoms with Crippen LogP contribution in [0, 0.1) is 0 Å². The van der Waals surface area contributed by atoms with Gasteiger partial charge in [-0.15, -0.1) is 0 Å². The molecule has 1 amide bonds. The van der Waals surface area contributed by atoms with Gasteiger partial charge in [-0.05, 0) is 19.1 Å². The van der Waals surface area contributed by atoms with Crippen LogP contribution in [0.15, 0.2) is 24.3 Å². The van der Waals surface area contributed by atoms with E-state index in [9.17, 15) is 14.7 Å². The van der Waals surface area contributed by atoms with Crippen LogP contribution in [0.25, 0.3) is 0 Å². The van der Waals surface area contributed by atoms with Crippen molar-refractivity contribution in [2.75, 3.05) is 0 Å². The Hall–Kier alpha value is -1.88. The van der Waals surface area contributed by atoms with Crippen LogP contribution in [0.3, 0.4) is 0 Å². The van der Waals surface area contributed by atoms with Crippen molar-refractivity contribution in [2.24, 2.45) is 0 Å². The predicted octanol–water partition coefficient (Wildman–Crippen LogP) is -0.0189. The van der Waals surface area contributed by atoms with Gasteiger partial charge in [0.05, 0.1) is 11.7 Å². The molecular weight excluding hydrogens is 210 g/mol. The zero-order valence-electron chi connectivity index (χ0n) is 8.68. The SMILES string of the molecule is C[C@@H](O)[C@@H]([C]=O)NC(=O)c1ccccc1O. The lowest BCUT2D eigenvalue weighted by atomic mass is 10.1. The van der Waals surface area contributed by atoms with Crippen molar-refractivity contribution in [2.45, 2.75) is 19.1 Å². The number of aromatic hydroxyl groups is 1. The molecule has 0 saturated carbocycles. The maximum atomic E-state index is 11.6. The summed E-state index contributed by atoms with van der Waals surface area (Å²) in [5.41, 5.74) is 0.0448. The Morgan fingerprint density at radius 3 is 2.56 bits per heavy atom. The molecule has 0 unspecified atom stereocenters. The van der Waals surface area contributed by atoms with Gasteiger partial charge in [-0.3, -0.25) is 9.59 Å². The molecule has 0 saturated heterocycles. The van der Waals surface area contributed by atoms with Crippen LogP contribution in [0.2, 0.25) is 0 Å². The second-order valence-corrected chi connectivity index (χ2v) is 3.33. The van der Waals surface area contributed by atoms with Crippen molar-refractivity contribution < 1.29 is 19.8 Å². The average Bonchev–Trinajstić information content (AvgIpc) is 2.25. The van der Waals surface area contributed by atoms with E-state index in [4.69, 9.17) is 5.11 Å². The Morgan fingerprint density at radius 1 is 1.44 bits per heavy atom. The number of aliphatic hydroxyl groups is 1. The average molecular weight is 222 g/mol. The number of aliphatic hydroxyl groups excluding tert-OH is 1. The molecule has 5 heteroatoms. The zero-order valence-corrected chi connectivity index (χ0v) is 8.68. The third-order valence-electron chi connectivity index (χ3n) is 2.04. The highest BCUT2D eigenvalue weighted by molar-refractivity contribution is 5.98. The van der Waals surface area contributed by atoms with E-state index in [2.05, 4.69) is 5.32 Å². The molecule has 85 valence electrons. The van der Waals surface area contributed by atoms with E-state index >= 15 is 0 Å². The van der Waals surface area contributed by atoms with Gasteiger partial charge in [0.25, 0.3) is 5.91 Å². The smallest absolute Gasteiger partial charge is 0.255 e. The molecule has 0 aliphatic heterocycles. The van der Waals surface area contributed by atoms with Crippen molar-refractivity contribution in [1.82, 2.24) is 5.32 Å². The van der Waals surface area contributed by atoms with Crippen LogP contribution in [-0.4, -0.2) is 34.6 Å². The number of nitrogens with one attached hydrogen (secondary N) is 1. The van der Waals surface area contributed by atoms with Crippen molar-refractivity contribution in [3.63, 3.8) is 0 Å². The quantitative estimate of drug-likeness (QED) is 0.668. The minimum atomic E-state index is -1.10. The molecule has 3 N–H and O–H groups in total. The molecule has 0 aliphatic carbocycles. The Balaban J connectivity index is 2.80. The van der Waals surface area contributed by atoms with Crippen LogP contribution in [-0.2, 0) is 4.79 Å². The molecule has 16 heavy (non-hydrogen) atoms. The predicted molar refractivity (Wildman–Crippen MR) is 56.7 cm³/mol. The van der Waals surface area contributed by atoms with Gasteiger partial charge in [0.15, 0.2) is 0 Å². The second-order valence-electron chi connectivity index (χ2n) is 3.33. The van der Waals surface area contributed by atoms with Crippen LogP contribution in [0.4, 0.5) is 0 Å². The number of para-hydroxylation sites is 1. The molecule has 5 nitrogen and oxygen atoms in total. The molecule has 0 spiro atoms. The number of benzene rings is 1. The summed E-state index contributed by atoms with van der Waals surface area (Å²) in [6, 6.07) is 4.82. The topological polar surface area (TPSA) is 86.6 Å². The fraction of sp³-hybridized carbons (Fsp3) is 0.273. The minimum Gasteiger partial charge on any atom is -0.507 e. The number of carbonyl (C=O) groups excluding carboxylic acids is 2. The van der Waals surface area contributed by atoms with Crippen LogP contribution in [0.1, 0.15) is 17.3 Å². The number of hydrogen-bond donors (Lipinski definition) is 3. The van der Waals surface area contributed by atoms with Gasteiger partial charge in [-0.1, -0.05) is 12.1 Å². The van der Waals surface area contributed by atoms with Crippen LogP contribution in [0.5, 0.6) is 5.75 Å². The van der Waals surface area contributed by atoms with Gasteiger partial charge in [0, 0.05) is 0 Å². The fourth-order valence-electron chi connectivity index (χ4n) is 1.13. The summed E-state index contributed by atoms with van der Waals surface area (Å²) in [7, 11) is 0. The summed E-state index contributed by atoms with van der Waals surface area (Å²) in [6.07, 6.45) is 0.473. The Labute approximate surface area is 92.7 Å². The van der Waals surface area contributed by atoms with Crippen LogP contribution < -0.4 is 5.32 Å². The third-order valence-corrected chi connectivity index (χ3v) is 2.04. The van der Waals surface area contributed by atoms with Gasteiger partial charge in [-0.25, -0.2) is 0 Å². The summed E-state index contributed by atoms with van der Waals surface area (Å²) in [5.74, 6) is -0.817. The maximum Gasteiger partial charge on any atom is 0.255 e. The maximum absolute atomic E-state index is 11.6. The van der Waals surface area contributed by atoms with Gasteiger partial charge < -0.3 is 15.5 Å². The lowest BCUT2D eigenvalue weighted by molar-refractivity contribution is 0.0896. The Kier molecular flexibility index (Phi) is 4.02. The first kappa shape index (κ1) is 12.2. The first-order chi connectivity index (χ1) is 7.56. The highest BCUT2D eigenvalue weighted by atomic mass is 16.3. The van der Waals surface area contributed by atoms with Crippen molar-refractivity contribution in [1.29, 1.82) is 0 Å². The summed E-state index contributed by atoms with van der Waals surface area (Å²) in [6.45, 7) is 1.36. The van der Waals surface area contributed by atoms with E-state index in [1.807, 2.05) is 0 Å². The number of hydrogen-bond acceptors (Lipinski definition) is 4. The summed E-state index contributed by atoms with van der Waals surface area (Å²) in [5, 5.41) is 20.8. The molecule has 0 aromatic heterocycles. The summed E-state index contributed by atoms with van der Waals surface area (Å²) >= 11 is 0. The molecule has 1 radical (unpaired) electrons. The Morgan fingerprint density at radius 2 is 2.06 bits per heavy atom. The number of phenols is 1. The summed E-state index contributed by atoms with van der Waals surface area (Å²) in [4.78, 5) is 22.0. The number of rotatable bonds is 4. The number of phenolic OH excluding ortho intramolecular Hbond substituents is 1. The molecule has 0 heterocycles. The van der Waals surface area contributed by atoms with Gasteiger partial charge in [-0.2, -0.15) is 0 Å². The van der Waals surface area contributed by atoms with E-state index in [1.54, 1.807) is 12.1 Å². The lowest BCUT2D eigenvalue weighted by Crippen LogP contribution is -2.43. The normalized spacial score (nSPS) is 13.9. The minimum absolute atomic E-state index is 0.0448. The van der Waals surface area contributed by atoms with Crippen molar-refractivity contribution in [3.05, 3.63) is 29.8 Å². The van der Waals surface area contributed by atoms with Crippen molar-refractivity contribution >= 4 is 12.2 Å². The van der Waals surface area contributed by atoms with Gasteiger partial charge >= 0.3 is 0 Å². The second kappa shape index (κ2) is 5.27. The van der Waals surface area contributed by atoms with Crippen LogP contribution >= 0.6 is 0 Å². The zero-order chi connectivity index (χ0) is 12.1. The fourth-order valence-corrected chi connectivity index (χ4v) is 1.13. The molecule has 1 rings (SSSR count). The van der Waals surface area contributed by atoms with Gasteiger partial charge in [0.1, 0.15) is 11.8 Å².